The zero-order valence-corrected chi connectivity index (χ0v) is 19.5. The van der Waals surface area contributed by atoms with E-state index in [1.54, 1.807) is 29.7 Å². The molecular formula is C28H25N3O4. The number of imidazole rings is 1. The Labute approximate surface area is 202 Å². The first kappa shape index (κ1) is 22.4. The van der Waals surface area contributed by atoms with Gasteiger partial charge in [-0.1, -0.05) is 48.5 Å². The average Bonchev–Trinajstić information content (AvgIpc) is 3.33. The molecule has 4 aromatic rings. The zero-order valence-electron chi connectivity index (χ0n) is 19.5. The lowest BCUT2D eigenvalue weighted by molar-refractivity contribution is -0.140. The third-order valence-electron chi connectivity index (χ3n) is 6.17. The molecule has 1 aliphatic heterocycles. The van der Waals surface area contributed by atoms with Gasteiger partial charge in [0.1, 0.15) is 17.1 Å². The molecule has 35 heavy (non-hydrogen) atoms. The van der Waals surface area contributed by atoms with Crippen molar-refractivity contribution in [3.05, 3.63) is 107 Å². The third-order valence-corrected chi connectivity index (χ3v) is 6.17. The lowest BCUT2D eigenvalue weighted by atomic mass is 9.96. The van der Waals surface area contributed by atoms with Crippen LogP contribution in [0.3, 0.4) is 0 Å². The number of aromatic nitrogens is 2. The molecule has 0 saturated carbocycles. The molecule has 1 saturated heterocycles. The molecule has 2 aromatic carbocycles. The molecule has 1 N–H and O–H groups in total. The predicted octanol–water partition coefficient (Wildman–Crippen LogP) is 4.66. The normalized spacial score (nSPS) is 17.3. The van der Waals surface area contributed by atoms with Gasteiger partial charge in [-0.15, -0.1) is 0 Å². The number of benzene rings is 2. The summed E-state index contributed by atoms with van der Waals surface area (Å²) in [4.78, 5) is 32.7. The first-order chi connectivity index (χ1) is 17.0. The summed E-state index contributed by atoms with van der Waals surface area (Å²) in [6.45, 7) is 4.43. The number of Topliss-reactive ketones (excluding diaryl/α,β-unsaturated/α-hetero) is 1. The lowest BCUT2D eigenvalue weighted by Crippen LogP contribution is -2.29. The Morgan fingerprint density at radius 2 is 1.71 bits per heavy atom. The summed E-state index contributed by atoms with van der Waals surface area (Å²) in [6, 6.07) is 21.5. The van der Waals surface area contributed by atoms with E-state index in [1.165, 1.54) is 4.90 Å². The molecule has 0 radical (unpaired) electrons. The van der Waals surface area contributed by atoms with E-state index in [2.05, 4.69) is 4.98 Å². The van der Waals surface area contributed by atoms with Crippen LogP contribution in [0.15, 0.2) is 84.6 Å². The maximum atomic E-state index is 13.4. The van der Waals surface area contributed by atoms with Gasteiger partial charge in [0.15, 0.2) is 5.76 Å². The Bertz CT molecular complexity index is 1440. The third kappa shape index (κ3) is 3.95. The maximum Gasteiger partial charge on any atom is 0.295 e. The van der Waals surface area contributed by atoms with Crippen molar-refractivity contribution in [2.75, 3.05) is 6.61 Å². The van der Waals surface area contributed by atoms with E-state index < -0.39 is 17.7 Å². The second kappa shape index (κ2) is 9.10. The van der Waals surface area contributed by atoms with Gasteiger partial charge in [0.05, 0.1) is 23.9 Å². The van der Waals surface area contributed by atoms with Gasteiger partial charge < -0.3 is 14.7 Å². The first-order valence-corrected chi connectivity index (χ1v) is 11.5. The summed E-state index contributed by atoms with van der Waals surface area (Å²) < 4.78 is 7.29. The fraction of sp³-hybridized carbons (Fsp3) is 0.179. The number of carbonyl (C=O) groups excluding carboxylic acids is 2. The summed E-state index contributed by atoms with van der Waals surface area (Å²) >= 11 is 0. The standard InChI is InChI=1S/C28H25N3O4/c1-3-35-21-14-12-20(13-15-21)25-23(26(32)24-18(2)29-22-11-7-8-16-30(22)24)27(33)28(34)31(25)17-19-9-5-4-6-10-19/h4-16,25,32H,3,17H2,1-2H3. The van der Waals surface area contributed by atoms with Crippen LogP contribution in [0.1, 0.15) is 35.5 Å². The molecule has 3 heterocycles. The highest BCUT2D eigenvalue weighted by Crippen LogP contribution is 2.41. The number of aliphatic hydroxyl groups excluding tert-OH is 1. The topological polar surface area (TPSA) is 84.1 Å². The Balaban J connectivity index is 1.69. The lowest BCUT2D eigenvalue weighted by Gasteiger charge is -2.25. The minimum Gasteiger partial charge on any atom is -0.505 e. The highest BCUT2D eigenvalue weighted by Gasteiger charge is 2.46. The molecule has 176 valence electrons. The molecule has 1 atom stereocenters. The summed E-state index contributed by atoms with van der Waals surface area (Å²) in [6.07, 6.45) is 1.77. The number of fused-ring (bicyclic) bond motifs is 1. The molecule has 0 aliphatic carbocycles. The molecule has 1 amide bonds. The van der Waals surface area contributed by atoms with E-state index in [-0.39, 0.29) is 17.9 Å². The van der Waals surface area contributed by atoms with E-state index in [4.69, 9.17) is 4.74 Å². The van der Waals surface area contributed by atoms with Crippen LogP contribution in [0.5, 0.6) is 5.75 Å². The summed E-state index contributed by atoms with van der Waals surface area (Å²) in [5, 5.41) is 11.5. The van der Waals surface area contributed by atoms with Gasteiger partial charge in [-0.25, -0.2) is 4.98 Å². The number of aliphatic hydroxyl groups is 1. The fourth-order valence-corrected chi connectivity index (χ4v) is 4.61. The molecule has 1 aliphatic rings. The predicted molar refractivity (Wildman–Crippen MR) is 132 cm³/mol. The van der Waals surface area contributed by atoms with Crippen molar-refractivity contribution in [2.45, 2.75) is 26.4 Å². The molecule has 1 unspecified atom stereocenters. The number of nitrogens with zero attached hydrogens (tertiary/aromatic N) is 3. The highest BCUT2D eigenvalue weighted by molar-refractivity contribution is 6.46. The fourth-order valence-electron chi connectivity index (χ4n) is 4.61. The van der Waals surface area contributed by atoms with E-state index in [9.17, 15) is 14.7 Å². The highest BCUT2D eigenvalue weighted by atomic mass is 16.5. The maximum absolute atomic E-state index is 13.4. The Morgan fingerprint density at radius 1 is 1.00 bits per heavy atom. The number of hydrogen-bond donors (Lipinski definition) is 1. The van der Waals surface area contributed by atoms with Crippen LogP contribution in [0.4, 0.5) is 0 Å². The van der Waals surface area contributed by atoms with Gasteiger partial charge in [0.25, 0.3) is 11.7 Å². The average molecular weight is 468 g/mol. The molecule has 7 heteroatoms. The van der Waals surface area contributed by atoms with Crippen LogP contribution < -0.4 is 4.74 Å². The van der Waals surface area contributed by atoms with Crippen molar-refractivity contribution in [3.8, 4) is 5.75 Å². The second-order valence-corrected chi connectivity index (χ2v) is 8.39. The quantitative estimate of drug-likeness (QED) is 0.253. The van der Waals surface area contributed by atoms with Gasteiger partial charge in [-0.2, -0.15) is 0 Å². The number of ketones is 1. The molecule has 0 spiro atoms. The summed E-state index contributed by atoms with van der Waals surface area (Å²) in [5.41, 5.74) is 3.24. The number of pyridine rings is 1. The van der Waals surface area contributed by atoms with Gasteiger partial charge in [-0.05, 0) is 49.2 Å². The van der Waals surface area contributed by atoms with E-state index in [1.807, 2.05) is 67.6 Å². The monoisotopic (exact) mass is 467 g/mol. The number of ether oxygens (including phenoxy) is 1. The molecule has 2 aromatic heterocycles. The van der Waals surface area contributed by atoms with Crippen LogP contribution in [-0.2, 0) is 16.1 Å². The Hall–Kier alpha value is -4.39. The molecule has 7 nitrogen and oxygen atoms in total. The van der Waals surface area contributed by atoms with Crippen LogP contribution in [0.2, 0.25) is 0 Å². The van der Waals surface area contributed by atoms with Crippen LogP contribution in [0.25, 0.3) is 11.4 Å². The number of hydrogen-bond acceptors (Lipinski definition) is 5. The molecule has 5 rings (SSSR count). The van der Waals surface area contributed by atoms with Crippen molar-refractivity contribution < 1.29 is 19.4 Å². The minimum atomic E-state index is -0.764. The van der Waals surface area contributed by atoms with Crippen molar-refractivity contribution in [2.24, 2.45) is 0 Å². The van der Waals surface area contributed by atoms with Crippen LogP contribution >= 0.6 is 0 Å². The van der Waals surface area contributed by atoms with E-state index in [0.717, 1.165) is 5.56 Å². The van der Waals surface area contributed by atoms with Gasteiger partial charge >= 0.3 is 0 Å². The van der Waals surface area contributed by atoms with Crippen molar-refractivity contribution >= 4 is 23.1 Å². The van der Waals surface area contributed by atoms with E-state index >= 15 is 0 Å². The molecular weight excluding hydrogens is 442 g/mol. The van der Waals surface area contributed by atoms with Crippen molar-refractivity contribution in [3.63, 3.8) is 0 Å². The Morgan fingerprint density at radius 3 is 2.43 bits per heavy atom. The van der Waals surface area contributed by atoms with Gasteiger partial charge in [0, 0.05) is 12.7 Å². The SMILES string of the molecule is CCOc1ccc(C2C(=C(O)c3c(C)nc4ccccn34)C(=O)C(=O)N2Cc2ccccc2)cc1. The van der Waals surface area contributed by atoms with Crippen LogP contribution in [0, 0.1) is 6.92 Å². The van der Waals surface area contributed by atoms with E-state index in [0.29, 0.717) is 35.0 Å². The Kier molecular flexibility index (Phi) is 5.82. The molecule has 1 fully saturated rings. The number of amides is 1. The first-order valence-electron chi connectivity index (χ1n) is 11.5. The second-order valence-electron chi connectivity index (χ2n) is 8.39. The summed E-state index contributed by atoms with van der Waals surface area (Å²) in [5.74, 6) is -0.925. The molecule has 0 bridgehead atoms. The minimum absolute atomic E-state index is 0.0452. The summed E-state index contributed by atoms with van der Waals surface area (Å²) in [7, 11) is 0. The number of likely N-dealkylation sites (tertiary alicyclic amines) is 1. The van der Waals surface area contributed by atoms with Crippen LogP contribution in [-0.4, -0.2) is 37.7 Å². The largest absolute Gasteiger partial charge is 0.505 e. The number of carbonyl (C=O) groups is 2. The van der Waals surface area contributed by atoms with Gasteiger partial charge in [0.2, 0.25) is 0 Å². The van der Waals surface area contributed by atoms with Crippen molar-refractivity contribution in [1.82, 2.24) is 14.3 Å². The van der Waals surface area contributed by atoms with Gasteiger partial charge in [-0.3, -0.25) is 14.0 Å². The smallest absolute Gasteiger partial charge is 0.295 e. The van der Waals surface area contributed by atoms with Crippen molar-refractivity contribution in [1.29, 1.82) is 0 Å². The number of aryl methyl sites for hydroxylation is 1. The number of rotatable bonds is 6. The zero-order chi connectivity index (χ0) is 24.5.